The summed E-state index contributed by atoms with van der Waals surface area (Å²) in [5, 5.41) is 36.9. The molecule has 3 aliphatic rings. The molecule has 0 aromatic heterocycles. The van der Waals surface area contributed by atoms with E-state index in [9.17, 15) is 24.7 Å². The fourth-order valence-electron chi connectivity index (χ4n) is 5.97. The maximum absolute atomic E-state index is 12.5. The van der Waals surface area contributed by atoms with Crippen LogP contribution >= 0.6 is 69.6 Å². The highest BCUT2D eigenvalue weighted by atomic mass is 35.5. The van der Waals surface area contributed by atoms with Gasteiger partial charge in [0, 0.05) is 29.5 Å². The molecule has 3 aliphatic heterocycles. The van der Waals surface area contributed by atoms with Crippen molar-refractivity contribution in [1.82, 2.24) is 0 Å². The molecule has 3 aromatic carbocycles. The molecule has 59 heavy (non-hydrogen) atoms. The lowest BCUT2D eigenvalue weighted by Crippen LogP contribution is -2.39. The minimum Gasteiger partial charge on any atom is -0.444 e. The van der Waals surface area contributed by atoms with E-state index in [0.717, 1.165) is 24.1 Å². The zero-order valence-corrected chi connectivity index (χ0v) is 38.4. The Morgan fingerprint density at radius 1 is 0.678 bits per heavy atom. The van der Waals surface area contributed by atoms with E-state index in [4.69, 9.17) is 93.0 Å². The molecular formula is C37H46B3Cl6N3O10. The SMILES string of the molecule is CC(C)(C)OC(=O)Nc1c(Cl)cc2c(c1Cl)B(O)OC2.CCCN(C(=O)OC(C)(C)C)c1c(Cl)cc2c(c1Cl)B(O)OC2.CCCNc1c(Cl)cc2c(c1Cl)B(O)OC2. The standard InChI is InChI=1S/C15H20BCl2NO4.C12H14BCl2NO4.C10H12BCl2NO2/c1-5-6-19(14(20)23-15(2,3)4)13-10(17)7-9-8-22-16(21)11(9)12(13)18;1-12(2,3)20-11(17)16-10-7(14)4-6-5-19-13(18)8(6)9(10)15;1-2-3-14-10-7(12)4-6-5-16-11(15)8(6)9(10)13/h7,21H,5-6,8H2,1-4H3;4,18H,5H2,1-3H3,(H,16,17);4,14-15H,2-3,5H2,1H3. The number of ether oxygens (including phenoxy) is 2. The van der Waals surface area contributed by atoms with Crippen LogP contribution in [0.1, 0.15) is 84.9 Å². The second-order valence-corrected chi connectivity index (χ2v) is 17.9. The van der Waals surface area contributed by atoms with E-state index in [1.54, 1.807) is 59.7 Å². The van der Waals surface area contributed by atoms with Crippen molar-refractivity contribution in [3.63, 3.8) is 0 Å². The maximum Gasteiger partial charge on any atom is 0.493 e. The van der Waals surface area contributed by atoms with E-state index in [1.165, 1.54) is 4.90 Å². The fraction of sp³-hybridized carbons (Fsp3) is 0.459. The minimum absolute atomic E-state index is 0.156. The highest BCUT2D eigenvalue weighted by Gasteiger charge is 2.37. The first-order chi connectivity index (χ1) is 27.5. The zero-order valence-electron chi connectivity index (χ0n) is 33.8. The monoisotopic (exact) mass is 935 g/mol. The molecular weight excluding hydrogens is 892 g/mol. The highest BCUT2D eigenvalue weighted by Crippen LogP contribution is 2.38. The number of nitrogens with zero attached hydrogens (tertiary/aromatic N) is 1. The number of hydrogen-bond donors (Lipinski definition) is 5. The Morgan fingerprint density at radius 2 is 1.10 bits per heavy atom. The van der Waals surface area contributed by atoms with Gasteiger partial charge in [-0.3, -0.25) is 10.2 Å². The number of rotatable bonds is 7. The van der Waals surface area contributed by atoms with Gasteiger partial charge in [-0.05, 0) is 89.3 Å². The van der Waals surface area contributed by atoms with Crippen molar-refractivity contribution < 1.29 is 48.1 Å². The Morgan fingerprint density at radius 3 is 1.54 bits per heavy atom. The molecule has 22 heteroatoms. The van der Waals surface area contributed by atoms with E-state index in [1.807, 2.05) is 6.92 Å². The number of fused-ring (bicyclic) bond motifs is 3. The largest absolute Gasteiger partial charge is 0.493 e. The molecule has 0 radical (unpaired) electrons. The summed E-state index contributed by atoms with van der Waals surface area (Å²) in [4.78, 5) is 25.7. The van der Waals surface area contributed by atoms with Crippen molar-refractivity contribution in [3.8, 4) is 0 Å². The zero-order chi connectivity index (χ0) is 44.1. The van der Waals surface area contributed by atoms with Gasteiger partial charge < -0.3 is 43.8 Å². The van der Waals surface area contributed by atoms with Crippen LogP contribution in [0.25, 0.3) is 0 Å². The molecule has 0 unspecified atom stereocenters. The third-order valence-corrected chi connectivity index (χ3v) is 10.5. The molecule has 5 N–H and O–H groups in total. The number of carbonyl (C=O) groups is 2. The molecule has 2 amide bonds. The molecule has 320 valence electrons. The molecule has 0 bridgehead atoms. The summed E-state index contributed by atoms with van der Waals surface area (Å²) in [5.74, 6) is 0. The number of nitrogens with one attached hydrogen (secondary N) is 2. The van der Waals surface area contributed by atoms with Crippen LogP contribution in [0, 0.1) is 0 Å². The first-order valence-electron chi connectivity index (χ1n) is 18.6. The Kier molecular flexibility index (Phi) is 17.3. The Labute approximate surface area is 375 Å². The van der Waals surface area contributed by atoms with E-state index in [-0.39, 0.29) is 34.0 Å². The molecule has 6 rings (SSSR count). The summed E-state index contributed by atoms with van der Waals surface area (Å²) in [6.07, 6.45) is 0.469. The van der Waals surface area contributed by atoms with Gasteiger partial charge in [0.05, 0.1) is 67.0 Å². The van der Waals surface area contributed by atoms with Crippen LogP contribution in [-0.2, 0) is 43.3 Å². The van der Waals surface area contributed by atoms with Crippen molar-refractivity contribution in [2.45, 2.75) is 99.3 Å². The van der Waals surface area contributed by atoms with Gasteiger partial charge in [-0.2, -0.15) is 0 Å². The van der Waals surface area contributed by atoms with Crippen LogP contribution in [0.2, 0.25) is 30.1 Å². The second-order valence-electron chi connectivity index (χ2n) is 15.5. The Bertz CT molecular complexity index is 2040. The van der Waals surface area contributed by atoms with Crippen molar-refractivity contribution >= 4 is 137 Å². The number of carbonyl (C=O) groups excluding carboxylic acids is 2. The lowest BCUT2D eigenvalue weighted by molar-refractivity contribution is 0.0578. The molecule has 3 aromatic rings. The summed E-state index contributed by atoms with van der Waals surface area (Å²) in [5.41, 5.74) is 3.71. The number of benzene rings is 3. The van der Waals surface area contributed by atoms with Crippen LogP contribution in [0.4, 0.5) is 26.7 Å². The van der Waals surface area contributed by atoms with Crippen LogP contribution < -0.4 is 31.9 Å². The van der Waals surface area contributed by atoms with Gasteiger partial charge in [0.25, 0.3) is 0 Å². The molecule has 0 saturated heterocycles. The first-order valence-corrected chi connectivity index (χ1v) is 20.9. The van der Waals surface area contributed by atoms with E-state index in [2.05, 4.69) is 17.6 Å². The fourth-order valence-corrected chi connectivity index (χ4v) is 8.17. The normalized spacial score (nSPS) is 14.1. The molecule has 0 fully saturated rings. The maximum atomic E-state index is 12.5. The third kappa shape index (κ3) is 12.4. The quantitative estimate of drug-likeness (QED) is 0.146. The first kappa shape index (κ1) is 49.4. The third-order valence-electron chi connectivity index (χ3n) is 8.44. The number of anilines is 3. The lowest BCUT2D eigenvalue weighted by Gasteiger charge is -2.29. The summed E-state index contributed by atoms with van der Waals surface area (Å²) in [6.45, 7) is 16.6. The topological polar surface area (TPSA) is 168 Å². The van der Waals surface area contributed by atoms with E-state index < -0.39 is 44.7 Å². The molecule has 0 aliphatic carbocycles. The Hall–Kier alpha value is -2.31. The van der Waals surface area contributed by atoms with E-state index >= 15 is 0 Å². The summed E-state index contributed by atoms with van der Waals surface area (Å²) in [6, 6.07) is 5.06. The summed E-state index contributed by atoms with van der Waals surface area (Å²) in [7, 11) is -3.17. The van der Waals surface area contributed by atoms with Gasteiger partial charge in [-0.15, -0.1) is 0 Å². The van der Waals surface area contributed by atoms with Gasteiger partial charge in [-0.1, -0.05) is 83.5 Å². The number of halogens is 6. The van der Waals surface area contributed by atoms with Gasteiger partial charge in [-0.25, -0.2) is 9.59 Å². The van der Waals surface area contributed by atoms with Gasteiger partial charge >= 0.3 is 33.5 Å². The van der Waals surface area contributed by atoms with Crippen LogP contribution in [0.3, 0.4) is 0 Å². The molecule has 0 atom stereocenters. The average Bonchev–Trinajstić information content (AvgIpc) is 3.80. The van der Waals surface area contributed by atoms with Crippen molar-refractivity contribution in [2.24, 2.45) is 0 Å². The average molecular weight is 938 g/mol. The molecule has 0 spiro atoms. The molecule has 3 heterocycles. The van der Waals surface area contributed by atoms with Crippen molar-refractivity contribution in [2.75, 3.05) is 28.6 Å². The van der Waals surface area contributed by atoms with Gasteiger partial charge in [0.15, 0.2) is 0 Å². The van der Waals surface area contributed by atoms with Crippen LogP contribution in [0.15, 0.2) is 18.2 Å². The number of hydrogen-bond acceptors (Lipinski definition) is 11. The molecule has 13 nitrogen and oxygen atoms in total. The number of amides is 2. The predicted octanol–water partition coefficient (Wildman–Crippen LogP) is 7.95. The summed E-state index contributed by atoms with van der Waals surface area (Å²) >= 11 is 37.3. The van der Waals surface area contributed by atoms with Crippen LogP contribution in [-0.4, -0.2) is 72.9 Å². The lowest BCUT2D eigenvalue weighted by atomic mass is 9.79. The second kappa shape index (κ2) is 20.7. The molecule has 0 saturated carbocycles. The van der Waals surface area contributed by atoms with Crippen molar-refractivity contribution in [3.05, 3.63) is 65.0 Å². The Balaban J connectivity index is 0.000000198. The highest BCUT2D eigenvalue weighted by molar-refractivity contribution is 6.67. The van der Waals surface area contributed by atoms with E-state index in [0.29, 0.717) is 68.0 Å². The minimum atomic E-state index is -1.12. The smallest absolute Gasteiger partial charge is 0.444 e. The predicted molar refractivity (Wildman–Crippen MR) is 239 cm³/mol. The van der Waals surface area contributed by atoms with Gasteiger partial charge in [0.1, 0.15) is 11.2 Å². The van der Waals surface area contributed by atoms with Crippen LogP contribution in [0.5, 0.6) is 0 Å². The van der Waals surface area contributed by atoms with Crippen molar-refractivity contribution in [1.29, 1.82) is 0 Å². The summed E-state index contributed by atoms with van der Waals surface area (Å²) < 4.78 is 25.9. The van der Waals surface area contributed by atoms with Gasteiger partial charge in [0.2, 0.25) is 0 Å².